The van der Waals surface area contributed by atoms with E-state index in [2.05, 4.69) is 213 Å². The molecule has 2 aliphatic heterocycles. The maximum Gasteiger partial charge on any atom is 0.128 e. The van der Waals surface area contributed by atoms with Crippen molar-refractivity contribution in [2.24, 2.45) is 16.8 Å². The zero-order valence-corrected chi connectivity index (χ0v) is 35.9. The van der Waals surface area contributed by atoms with Crippen LogP contribution in [0.4, 0.5) is 0 Å². The molecule has 12 rings (SSSR count). The Hall–Kier alpha value is -6.97. The van der Waals surface area contributed by atoms with Crippen LogP contribution in [0.5, 0.6) is 5.75 Å². The Morgan fingerprint density at radius 2 is 1.25 bits per heavy atom. The van der Waals surface area contributed by atoms with Crippen LogP contribution in [0.25, 0.3) is 60.2 Å². The summed E-state index contributed by atoms with van der Waals surface area (Å²) in [5, 5.41) is 7.52. The highest BCUT2D eigenvalue weighted by atomic mass is 16.5. The maximum absolute atomic E-state index is 6.99. The molecule has 0 saturated carbocycles. The normalized spacial score (nSPS) is 22.7. The molecule has 0 bridgehead atoms. The summed E-state index contributed by atoms with van der Waals surface area (Å²) in [5.41, 5.74) is 12.4. The van der Waals surface area contributed by atoms with Gasteiger partial charge in [-0.15, -0.1) is 0 Å². The summed E-state index contributed by atoms with van der Waals surface area (Å²) in [7, 11) is 0. The van der Waals surface area contributed by atoms with Crippen LogP contribution in [-0.2, 0) is 0 Å². The molecule has 3 heteroatoms. The zero-order valence-electron chi connectivity index (χ0n) is 35.9. The first-order valence-corrected chi connectivity index (χ1v) is 22.9. The van der Waals surface area contributed by atoms with Gasteiger partial charge in [-0.3, -0.25) is 4.99 Å². The lowest BCUT2D eigenvalue weighted by Crippen LogP contribution is -2.28. The lowest BCUT2D eigenvalue weighted by Gasteiger charge is -2.35. The Bertz CT molecular complexity index is 3300. The van der Waals surface area contributed by atoms with E-state index >= 15 is 0 Å². The van der Waals surface area contributed by atoms with E-state index in [9.17, 15) is 0 Å². The van der Waals surface area contributed by atoms with Gasteiger partial charge in [-0.25, -0.2) is 0 Å². The average Bonchev–Trinajstić information content (AvgIpc) is 3.87. The molecule has 3 aliphatic rings. The van der Waals surface area contributed by atoms with Gasteiger partial charge < -0.3 is 9.30 Å². The van der Waals surface area contributed by atoms with Gasteiger partial charge in [-0.05, 0) is 123 Å². The van der Waals surface area contributed by atoms with Crippen molar-refractivity contribution in [2.45, 2.75) is 57.1 Å². The van der Waals surface area contributed by atoms with Gasteiger partial charge in [0.15, 0.2) is 0 Å². The van der Waals surface area contributed by atoms with Crippen LogP contribution < -0.4 is 4.74 Å². The van der Waals surface area contributed by atoms with E-state index in [4.69, 9.17) is 9.73 Å². The predicted molar refractivity (Wildman–Crippen MR) is 264 cm³/mol. The lowest BCUT2D eigenvalue weighted by atomic mass is 9.73. The predicted octanol–water partition coefficient (Wildman–Crippen LogP) is 15.5. The summed E-state index contributed by atoms with van der Waals surface area (Å²) in [4.78, 5) is 6.09. The third-order valence-corrected chi connectivity index (χ3v) is 14.5. The molecule has 0 radical (unpaired) electrons. The second kappa shape index (κ2) is 15.4. The van der Waals surface area contributed by atoms with Crippen molar-refractivity contribution in [3.05, 3.63) is 216 Å². The molecule has 0 saturated heterocycles. The van der Waals surface area contributed by atoms with Crippen molar-refractivity contribution >= 4 is 49.1 Å². The standard InChI is InChI=1S/C60H50N2O/c1-3-48-49(42-29-26-41(27-30-42)39-15-5-4-6-16-39)32-25-38(2)59(61-60(48)46-31-28-40-17-7-8-18-43(40)33-46)47-36-55(58-51-22-12-14-24-56(51)63-57(58)37-47)62-53-23-13-11-21-50(53)52-34-44-19-9-10-20-45(44)35-54(52)62/h4-24,26-31,33-38,48-49,51,56,59H,3,25,32H2,1-2H3/b61-60-. The van der Waals surface area contributed by atoms with E-state index < -0.39 is 0 Å². The molecule has 3 nitrogen and oxygen atoms in total. The fourth-order valence-corrected chi connectivity index (χ4v) is 11.3. The topological polar surface area (TPSA) is 26.5 Å². The maximum atomic E-state index is 6.99. The highest BCUT2D eigenvalue weighted by Crippen LogP contribution is 2.50. The van der Waals surface area contributed by atoms with Gasteiger partial charge in [0.25, 0.3) is 0 Å². The van der Waals surface area contributed by atoms with E-state index in [-0.39, 0.29) is 29.9 Å². The summed E-state index contributed by atoms with van der Waals surface area (Å²) in [5.74, 6) is 1.94. The van der Waals surface area contributed by atoms with Crippen LogP contribution >= 0.6 is 0 Å². The largest absolute Gasteiger partial charge is 0.485 e. The Labute approximate surface area is 369 Å². The third-order valence-electron chi connectivity index (χ3n) is 14.5. The molecule has 1 aliphatic carbocycles. The summed E-state index contributed by atoms with van der Waals surface area (Å²) in [6.45, 7) is 4.79. The molecule has 0 spiro atoms. The quantitative estimate of drug-likeness (QED) is 0.164. The number of hydrogen-bond donors (Lipinski definition) is 0. The minimum Gasteiger partial charge on any atom is -0.485 e. The number of fused-ring (bicyclic) bond motifs is 8. The fraction of sp³-hybridized carbons (Fsp3) is 0.183. The van der Waals surface area contributed by atoms with E-state index in [0.717, 1.165) is 25.0 Å². The van der Waals surface area contributed by atoms with Crippen LogP contribution in [0.3, 0.4) is 0 Å². The van der Waals surface area contributed by atoms with Gasteiger partial charge >= 0.3 is 0 Å². The first-order chi connectivity index (χ1) is 31.1. The number of aromatic nitrogens is 1. The lowest BCUT2D eigenvalue weighted by molar-refractivity contribution is 0.268. The van der Waals surface area contributed by atoms with Crippen molar-refractivity contribution in [3.8, 4) is 22.6 Å². The molecule has 6 unspecified atom stereocenters. The molecule has 0 fully saturated rings. The molecular formula is C60H50N2O. The monoisotopic (exact) mass is 814 g/mol. The molecule has 8 aromatic carbocycles. The van der Waals surface area contributed by atoms with E-state index in [1.807, 2.05) is 0 Å². The van der Waals surface area contributed by atoms with Crippen LogP contribution in [0.15, 0.2) is 199 Å². The molecule has 306 valence electrons. The van der Waals surface area contributed by atoms with Crippen molar-refractivity contribution in [1.29, 1.82) is 0 Å². The number of rotatable bonds is 6. The molecule has 1 aromatic heterocycles. The van der Waals surface area contributed by atoms with Crippen LogP contribution in [0.2, 0.25) is 0 Å². The molecule has 6 atom stereocenters. The molecular weight excluding hydrogens is 765 g/mol. The summed E-state index contributed by atoms with van der Waals surface area (Å²) >= 11 is 0. The van der Waals surface area contributed by atoms with E-state index in [1.165, 1.54) is 88.1 Å². The Kier molecular flexibility index (Phi) is 9.25. The van der Waals surface area contributed by atoms with E-state index in [1.54, 1.807) is 0 Å². The molecule has 0 amide bonds. The SMILES string of the molecule is CCC1/C(c2ccc3ccccc3c2)=N\C(c2cc3c(c(-n4c5ccccc5c5cc6ccccc6cc54)c2)C2C=CC=CC2O3)C(C)CCC1c1ccc(-c2ccccc2)cc1. The minimum absolute atomic E-state index is 0.0437. The summed E-state index contributed by atoms with van der Waals surface area (Å²) in [6, 6.07) is 63.1. The number of benzene rings is 8. The van der Waals surface area contributed by atoms with Gasteiger partial charge in [-0.2, -0.15) is 0 Å². The second-order valence-electron chi connectivity index (χ2n) is 18.1. The number of hydrogen-bond acceptors (Lipinski definition) is 2. The number of ether oxygens (including phenoxy) is 1. The zero-order chi connectivity index (χ0) is 42.0. The number of para-hydroxylation sites is 1. The Morgan fingerprint density at radius 3 is 2.06 bits per heavy atom. The van der Waals surface area contributed by atoms with Crippen molar-refractivity contribution in [2.75, 3.05) is 0 Å². The molecule has 9 aromatic rings. The molecule has 3 heterocycles. The van der Waals surface area contributed by atoms with Gasteiger partial charge in [0, 0.05) is 33.9 Å². The number of nitrogens with zero attached hydrogens (tertiary/aromatic N) is 2. The minimum atomic E-state index is -0.0720. The highest BCUT2D eigenvalue weighted by molar-refractivity contribution is 6.14. The average molecular weight is 815 g/mol. The highest BCUT2D eigenvalue weighted by Gasteiger charge is 2.38. The Morgan fingerprint density at radius 1 is 0.571 bits per heavy atom. The van der Waals surface area contributed by atoms with Crippen molar-refractivity contribution in [1.82, 2.24) is 4.57 Å². The van der Waals surface area contributed by atoms with Crippen LogP contribution in [0, 0.1) is 11.8 Å². The first-order valence-electron chi connectivity index (χ1n) is 22.9. The molecule has 63 heavy (non-hydrogen) atoms. The van der Waals surface area contributed by atoms with Gasteiger partial charge in [-0.1, -0.05) is 166 Å². The van der Waals surface area contributed by atoms with Gasteiger partial charge in [0.2, 0.25) is 0 Å². The van der Waals surface area contributed by atoms with Crippen molar-refractivity contribution in [3.63, 3.8) is 0 Å². The van der Waals surface area contributed by atoms with Gasteiger partial charge in [0.1, 0.15) is 11.9 Å². The van der Waals surface area contributed by atoms with E-state index in [0.29, 0.717) is 5.92 Å². The first kappa shape index (κ1) is 37.8. The summed E-state index contributed by atoms with van der Waals surface area (Å²) in [6.07, 6.45) is 12.0. The van der Waals surface area contributed by atoms with Gasteiger partial charge in [0.05, 0.1) is 22.8 Å². The van der Waals surface area contributed by atoms with Crippen LogP contribution in [0.1, 0.15) is 73.2 Å². The smallest absolute Gasteiger partial charge is 0.128 e. The van der Waals surface area contributed by atoms with Crippen LogP contribution in [-0.4, -0.2) is 16.4 Å². The molecule has 0 N–H and O–H groups in total. The second-order valence-corrected chi connectivity index (χ2v) is 18.1. The third kappa shape index (κ3) is 6.44. The summed E-state index contributed by atoms with van der Waals surface area (Å²) < 4.78 is 9.52. The Balaban J connectivity index is 1.06. The number of allylic oxidation sites excluding steroid dienone is 2. The fourth-order valence-electron chi connectivity index (χ4n) is 11.3. The van der Waals surface area contributed by atoms with Crippen molar-refractivity contribution < 1.29 is 4.74 Å². The number of aliphatic imine (C=N–C) groups is 1.